The molecule has 1 unspecified atom stereocenters. The lowest BCUT2D eigenvalue weighted by atomic mass is 10.1. The molecule has 4 nitrogen and oxygen atoms in total. The van der Waals surface area contributed by atoms with Crippen LogP contribution in [0, 0.1) is 0 Å². The summed E-state index contributed by atoms with van der Waals surface area (Å²) in [5.74, 6) is 0. The molecule has 0 N–H and O–H groups in total. The van der Waals surface area contributed by atoms with Gasteiger partial charge in [-0.1, -0.05) is 30.3 Å². The molecule has 0 radical (unpaired) electrons. The maximum absolute atomic E-state index is 12.4. The first-order chi connectivity index (χ1) is 10.1. The van der Waals surface area contributed by atoms with E-state index in [9.17, 15) is 8.42 Å². The summed E-state index contributed by atoms with van der Waals surface area (Å²) in [5, 5.41) is -0.0874. The van der Waals surface area contributed by atoms with Gasteiger partial charge >= 0.3 is 0 Å². The van der Waals surface area contributed by atoms with E-state index >= 15 is 0 Å². The molecule has 1 aromatic carbocycles. The fraction of sp³-hybridized carbons (Fsp3) is 0.625. The highest BCUT2D eigenvalue weighted by atomic mass is 32.2. The van der Waals surface area contributed by atoms with E-state index in [1.54, 1.807) is 4.31 Å². The number of nitrogens with zero attached hydrogens (tertiary/aromatic N) is 2. The summed E-state index contributed by atoms with van der Waals surface area (Å²) >= 11 is 0. The van der Waals surface area contributed by atoms with Gasteiger partial charge in [-0.05, 0) is 31.7 Å². The quantitative estimate of drug-likeness (QED) is 0.856. The lowest BCUT2D eigenvalue weighted by molar-refractivity contribution is 0.221. The molecule has 21 heavy (non-hydrogen) atoms. The second kappa shape index (κ2) is 6.07. The molecule has 1 saturated carbocycles. The molecule has 1 saturated heterocycles. The van der Waals surface area contributed by atoms with E-state index < -0.39 is 10.0 Å². The van der Waals surface area contributed by atoms with Crippen molar-refractivity contribution in [2.75, 3.05) is 26.2 Å². The Bertz CT molecular complexity index is 569. The van der Waals surface area contributed by atoms with E-state index in [0.717, 1.165) is 32.4 Å². The monoisotopic (exact) mass is 308 g/mol. The van der Waals surface area contributed by atoms with Crippen LogP contribution in [0.2, 0.25) is 0 Å². The summed E-state index contributed by atoms with van der Waals surface area (Å²) < 4.78 is 26.4. The minimum absolute atomic E-state index is 0.0874. The molecule has 1 heterocycles. The number of hydrogen-bond donors (Lipinski definition) is 0. The molecule has 5 heteroatoms. The van der Waals surface area contributed by atoms with Gasteiger partial charge in [0.1, 0.15) is 0 Å². The van der Waals surface area contributed by atoms with Crippen LogP contribution < -0.4 is 0 Å². The van der Waals surface area contributed by atoms with Crippen molar-refractivity contribution in [1.29, 1.82) is 0 Å². The molecular formula is C16H24N2O2S. The highest BCUT2D eigenvalue weighted by molar-refractivity contribution is 7.90. The summed E-state index contributed by atoms with van der Waals surface area (Å²) in [7, 11) is -3.02. The van der Waals surface area contributed by atoms with Crippen LogP contribution in [-0.2, 0) is 10.0 Å². The molecule has 116 valence electrons. The van der Waals surface area contributed by atoms with Crippen LogP contribution in [0.4, 0.5) is 0 Å². The van der Waals surface area contributed by atoms with Gasteiger partial charge in [-0.15, -0.1) is 0 Å². The number of hydrogen-bond acceptors (Lipinski definition) is 3. The van der Waals surface area contributed by atoms with E-state index in [4.69, 9.17) is 0 Å². The number of benzene rings is 1. The van der Waals surface area contributed by atoms with Gasteiger partial charge in [-0.25, -0.2) is 12.7 Å². The second-order valence-electron chi connectivity index (χ2n) is 6.12. The molecule has 2 fully saturated rings. The molecule has 3 rings (SSSR count). The Hall–Kier alpha value is -0.910. The van der Waals surface area contributed by atoms with Crippen LogP contribution in [-0.4, -0.2) is 49.1 Å². The molecule has 0 bridgehead atoms. The van der Waals surface area contributed by atoms with Crippen molar-refractivity contribution in [2.45, 2.75) is 37.5 Å². The minimum atomic E-state index is -3.02. The second-order valence-corrected chi connectivity index (χ2v) is 8.33. The normalized spacial score (nSPS) is 23.7. The van der Waals surface area contributed by atoms with Gasteiger partial charge in [0.2, 0.25) is 10.0 Å². The molecule has 0 aromatic heterocycles. The van der Waals surface area contributed by atoms with Gasteiger partial charge in [0, 0.05) is 32.2 Å². The summed E-state index contributed by atoms with van der Waals surface area (Å²) in [6.07, 6.45) is 2.62. The molecule has 1 aliphatic heterocycles. The Morgan fingerprint density at radius 2 is 1.76 bits per heavy atom. The van der Waals surface area contributed by atoms with E-state index in [1.807, 2.05) is 6.07 Å². The van der Waals surface area contributed by atoms with Gasteiger partial charge in [0.25, 0.3) is 0 Å². The molecule has 1 aliphatic carbocycles. The first kappa shape index (κ1) is 15.0. The Morgan fingerprint density at radius 3 is 2.43 bits per heavy atom. The van der Waals surface area contributed by atoms with Gasteiger partial charge in [0.05, 0.1) is 5.25 Å². The van der Waals surface area contributed by atoms with Gasteiger partial charge in [0.15, 0.2) is 0 Å². The van der Waals surface area contributed by atoms with Crippen molar-refractivity contribution in [2.24, 2.45) is 0 Å². The van der Waals surface area contributed by atoms with Crippen LogP contribution in [0.3, 0.4) is 0 Å². The summed E-state index contributed by atoms with van der Waals surface area (Å²) in [4.78, 5) is 2.40. The molecule has 0 amide bonds. The van der Waals surface area contributed by atoms with E-state index in [2.05, 4.69) is 36.1 Å². The number of rotatable bonds is 4. The summed E-state index contributed by atoms with van der Waals surface area (Å²) in [6, 6.07) is 10.8. The van der Waals surface area contributed by atoms with E-state index in [-0.39, 0.29) is 5.25 Å². The van der Waals surface area contributed by atoms with Crippen molar-refractivity contribution in [3.8, 4) is 0 Å². The Labute approximate surface area is 127 Å². The fourth-order valence-electron chi connectivity index (χ4n) is 3.07. The van der Waals surface area contributed by atoms with E-state index in [0.29, 0.717) is 19.1 Å². The molecule has 1 aromatic rings. The summed E-state index contributed by atoms with van der Waals surface area (Å²) in [5.41, 5.74) is 1.30. The zero-order valence-electron chi connectivity index (χ0n) is 12.6. The molecular weight excluding hydrogens is 284 g/mol. The molecule has 1 atom stereocenters. The number of sulfonamides is 1. The largest absolute Gasteiger partial charge is 0.295 e. The minimum Gasteiger partial charge on any atom is -0.295 e. The van der Waals surface area contributed by atoms with Gasteiger partial charge in [-0.3, -0.25) is 4.90 Å². The van der Waals surface area contributed by atoms with Crippen molar-refractivity contribution < 1.29 is 8.42 Å². The average Bonchev–Trinajstić information content (AvgIpc) is 3.33. The van der Waals surface area contributed by atoms with Crippen LogP contribution in [0.15, 0.2) is 30.3 Å². The maximum Gasteiger partial charge on any atom is 0.217 e. The Balaban J connectivity index is 1.66. The predicted molar refractivity (Wildman–Crippen MR) is 84.6 cm³/mol. The van der Waals surface area contributed by atoms with Crippen molar-refractivity contribution >= 4 is 10.0 Å². The fourth-order valence-corrected chi connectivity index (χ4v) is 4.95. The van der Waals surface area contributed by atoms with Crippen molar-refractivity contribution in [3.05, 3.63) is 35.9 Å². The zero-order chi connectivity index (χ0) is 14.9. The molecule has 2 aliphatic rings. The lowest BCUT2D eigenvalue weighted by Crippen LogP contribution is -2.37. The highest BCUT2D eigenvalue weighted by Crippen LogP contribution is 2.32. The van der Waals surface area contributed by atoms with Crippen LogP contribution in [0.5, 0.6) is 0 Å². The lowest BCUT2D eigenvalue weighted by Gasteiger charge is -2.28. The Morgan fingerprint density at radius 1 is 1.05 bits per heavy atom. The predicted octanol–water partition coefficient (Wildman–Crippen LogP) is 2.25. The van der Waals surface area contributed by atoms with Crippen LogP contribution >= 0.6 is 0 Å². The first-order valence-corrected chi connectivity index (χ1v) is 9.37. The van der Waals surface area contributed by atoms with Gasteiger partial charge < -0.3 is 0 Å². The van der Waals surface area contributed by atoms with Crippen molar-refractivity contribution in [3.63, 3.8) is 0 Å². The van der Waals surface area contributed by atoms with Crippen LogP contribution in [0.25, 0.3) is 0 Å². The highest BCUT2D eigenvalue weighted by Gasteiger charge is 2.40. The average molecular weight is 308 g/mol. The summed E-state index contributed by atoms with van der Waals surface area (Å²) in [6.45, 7) is 5.31. The standard InChI is InChI=1S/C16H24N2O2S/c1-14(15-6-3-2-4-7-15)17-10-5-11-18(13-12-17)21(19,20)16-8-9-16/h2-4,6-7,14,16H,5,8-13H2,1H3. The zero-order valence-corrected chi connectivity index (χ0v) is 13.4. The molecule has 0 spiro atoms. The third kappa shape index (κ3) is 3.30. The third-order valence-corrected chi connectivity index (χ3v) is 7.02. The Kier molecular flexibility index (Phi) is 4.33. The van der Waals surface area contributed by atoms with Gasteiger partial charge in [-0.2, -0.15) is 0 Å². The smallest absolute Gasteiger partial charge is 0.217 e. The van der Waals surface area contributed by atoms with Crippen molar-refractivity contribution in [1.82, 2.24) is 9.21 Å². The van der Waals surface area contributed by atoms with Crippen LogP contribution in [0.1, 0.15) is 37.8 Å². The topological polar surface area (TPSA) is 40.6 Å². The maximum atomic E-state index is 12.4. The third-order valence-electron chi connectivity index (χ3n) is 4.62. The first-order valence-electron chi connectivity index (χ1n) is 7.87. The SMILES string of the molecule is CC(c1ccccc1)N1CCCN(S(=O)(=O)C2CC2)CC1. The van der Waals surface area contributed by atoms with E-state index in [1.165, 1.54) is 5.56 Å².